The Hall–Kier alpha value is -1.57. The van der Waals surface area contributed by atoms with Crippen LogP contribution in [0.2, 0.25) is 0 Å². The highest BCUT2D eigenvalue weighted by Gasteiger charge is 2.07. The van der Waals surface area contributed by atoms with Gasteiger partial charge in [0.05, 0.1) is 18.5 Å². The summed E-state index contributed by atoms with van der Waals surface area (Å²) in [5, 5.41) is 14.0. The highest BCUT2D eigenvalue weighted by Crippen LogP contribution is 1.97. The highest BCUT2D eigenvalue weighted by atomic mass is 32.2. The number of amides is 1. The van der Waals surface area contributed by atoms with Crippen molar-refractivity contribution >= 4 is 16.1 Å². The predicted molar refractivity (Wildman–Crippen MR) is 47.3 cm³/mol. The van der Waals surface area contributed by atoms with Crippen molar-refractivity contribution < 1.29 is 18.3 Å². The number of hydrogen-bond acceptors (Lipinski definition) is 4. The molecule has 0 bridgehead atoms. The molecule has 0 spiro atoms. The number of nitrogens with one attached hydrogen (secondary N) is 1. The van der Waals surface area contributed by atoms with Gasteiger partial charge in [0.1, 0.15) is 0 Å². The fourth-order valence-electron chi connectivity index (χ4n) is 0.788. The molecule has 0 saturated heterocycles. The first-order valence-electron chi connectivity index (χ1n) is 3.61. The minimum atomic E-state index is -3.39. The standard InChI is InChI=1S/C6H9N3O4S/c1-14(12,13)9-3-2-5(8-9)4-7-6(10)11/h2-3,7H,4H2,1H3,(H,10,11). The zero-order valence-electron chi connectivity index (χ0n) is 7.34. The first-order valence-corrected chi connectivity index (χ1v) is 5.46. The number of nitrogens with zero attached hydrogens (tertiary/aromatic N) is 2. The maximum absolute atomic E-state index is 10.9. The van der Waals surface area contributed by atoms with E-state index in [2.05, 4.69) is 10.4 Å². The van der Waals surface area contributed by atoms with Crippen LogP contribution in [-0.2, 0) is 16.6 Å². The lowest BCUT2D eigenvalue weighted by Gasteiger charge is -1.97. The van der Waals surface area contributed by atoms with E-state index in [-0.39, 0.29) is 6.54 Å². The Morgan fingerprint density at radius 1 is 1.71 bits per heavy atom. The number of aromatic nitrogens is 2. The van der Waals surface area contributed by atoms with Crippen molar-refractivity contribution in [3.05, 3.63) is 18.0 Å². The third-order valence-corrected chi connectivity index (χ3v) is 2.26. The summed E-state index contributed by atoms with van der Waals surface area (Å²) in [6.45, 7) is -0.0160. The van der Waals surface area contributed by atoms with Gasteiger partial charge in [-0.1, -0.05) is 0 Å². The molecule has 8 heteroatoms. The minimum Gasteiger partial charge on any atom is -0.465 e. The van der Waals surface area contributed by atoms with Crippen LogP contribution in [0.1, 0.15) is 5.69 Å². The minimum absolute atomic E-state index is 0.0160. The Morgan fingerprint density at radius 2 is 2.36 bits per heavy atom. The third-order valence-electron chi connectivity index (χ3n) is 1.38. The topological polar surface area (TPSA) is 101 Å². The molecule has 78 valence electrons. The van der Waals surface area contributed by atoms with Crippen molar-refractivity contribution in [3.8, 4) is 0 Å². The normalized spacial score (nSPS) is 11.2. The van der Waals surface area contributed by atoms with Crippen LogP contribution in [0.4, 0.5) is 4.79 Å². The Bertz CT molecular complexity index is 436. The molecular formula is C6H9N3O4S. The Morgan fingerprint density at radius 3 is 2.79 bits per heavy atom. The summed E-state index contributed by atoms with van der Waals surface area (Å²) in [4.78, 5) is 10.1. The van der Waals surface area contributed by atoms with Gasteiger partial charge in [0.15, 0.2) is 0 Å². The van der Waals surface area contributed by atoms with Crippen molar-refractivity contribution in [2.24, 2.45) is 0 Å². The average Bonchev–Trinajstić information content (AvgIpc) is 2.47. The van der Waals surface area contributed by atoms with Crippen molar-refractivity contribution in [2.75, 3.05) is 6.26 Å². The van der Waals surface area contributed by atoms with Gasteiger partial charge >= 0.3 is 6.09 Å². The fraction of sp³-hybridized carbons (Fsp3) is 0.333. The van der Waals surface area contributed by atoms with Crippen LogP contribution in [0.25, 0.3) is 0 Å². The molecule has 1 heterocycles. The van der Waals surface area contributed by atoms with Gasteiger partial charge in [0.2, 0.25) is 0 Å². The molecule has 0 fully saturated rings. The van der Waals surface area contributed by atoms with Crippen LogP contribution in [0.3, 0.4) is 0 Å². The van der Waals surface area contributed by atoms with Crippen LogP contribution in [0.5, 0.6) is 0 Å². The summed E-state index contributed by atoms with van der Waals surface area (Å²) in [5.74, 6) is 0. The lowest BCUT2D eigenvalue weighted by Crippen LogP contribution is -2.20. The van der Waals surface area contributed by atoms with Crippen molar-refractivity contribution in [3.63, 3.8) is 0 Å². The van der Waals surface area contributed by atoms with E-state index in [0.29, 0.717) is 5.69 Å². The molecule has 0 aromatic carbocycles. The van der Waals surface area contributed by atoms with E-state index < -0.39 is 16.1 Å². The Kier molecular flexibility index (Phi) is 2.75. The molecule has 0 unspecified atom stereocenters. The van der Waals surface area contributed by atoms with Crippen LogP contribution in [0, 0.1) is 0 Å². The summed E-state index contributed by atoms with van der Waals surface area (Å²) in [6, 6.07) is 1.43. The summed E-state index contributed by atoms with van der Waals surface area (Å²) >= 11 is 0. The van der Waals surface area contributed by atoms with Crippen molar-refractivity contribution in [1.82, 2.24) is 14.5 Å². The van der Waals surface area contributed by atoms with E-state index in [1.807, 2.05) is 0 Å². The van der Waals surface area contributed by atoms with Gasteiger partial charge in [-0.15, -0.1) is 0 Å². The second-order valence-electron chi connectivity index (χ2n) is 2.60. The van der Waals surface area contributed by atoms with Crippen LogP contribution < -0.4 is 5.32 Å². The molecule has 0 aliphatic heterocycles. The van der Waals surface area contributed by atoms with E-state index in [9.17, 15) is 13.2 Å². The van der Waals surface area contributed by atoms with Gasteiger partial charge in [-0.2, -0.15) is 9.19 Å². The molecule has 1 rings (SSSR count). The van der Waals surface area contributed by atoms with Crippen LogP contribution >= 0.6 is 0 Å². The highest BCUT2D eigenvalue weighted by molar-refractivity contribution is 7.89. The SMILES string of the molecule is CS(=O)(=O)n1ccc(CNC(=O)O)n1. The zero-order valence-corrected chi connectivity index (χ0v) is 8.15. The first kappa shape index (κ1) is 10.5. The largest absolute Gasteiger partial charge is 0.465 e. The van der Waals surface area contributed by atoms with Gasteiger partial charge in [0, 0.05) is 6.20 Å². The molecule has 1 aromatic rings. The quantitative estimate of drug-likeness (QED) is 0.710. The van der Waals surface area contributed by atoms with E-state index >= 15 is 0 Å². The molecule has 1 aromatic heterocycles. The van der Waals surface area contributed by atoms with E-state index in [1.54, 1.807) is 0 Å². The molecule has 7 nitrogen and oxygen atoms in total. The molecule has 0 atom stereocenters. The number of hydrogen-bond donors (Lipinski definition) is 2. The molecule has 14 heavy (non-hydrogen) atoms. The van der Waals surface area contributed by atoms with Crippen molar-refractivity contribution in [2.45, 2.75) is 6.54 Å². The van der Waals surface area contributed by atoms with Gasteiger partial charge < -0.3 is 10.4 Å². The number of carbonyl (C=O) groups is 1. The lowest BCUT2D eigenvalue weighted by atomic mass is 10.4. The van der Waals surface area contributed by atoms with E-state index in [4.69, 9.17) is 5.11 Å². The Labute approximate surface area is 80.4 Å². The molecule has 0 radical (unpaired) electrons. The first-order chi connectivity index (χ1) is 6.39. The second-order valence-corrected chi connectivity index (χ2v) is 4.44. The van der Waals surface area contributed by atoms with Crippen LogP contribution in [-0.4, -0.2) is 35.1 Å². The summed E-state index contributed by atoms with van der Waals surface area (Å²) in [7, 11) is -3.39. The number of carboxylic acid groups (broad SMARTS) is 1. The Balaban J connectivity index is 2.74. The van der Waals surface area contributed by atoms with E-state index in [1.165, 1.54) is 12.3 Å². The van der Waals surface area contributed by atoms with Gasteiger partial charge in [0.25, 0.3) is 10.0 Å². The smallest absolute Gasteiger partial charge is 0.404 e. The zero-order chi connectivity index (χ0) is 10.8. The number of rotatable bonds is 3. The predicted octanol–water partition coefficient (Wildman–Crippen LogP) is -0.542. The second kappa shape index (κ2) is 3.66. The molecule has 0 aliphatic carbocycles. The lowest BCUT2D eigenvalue weighted by molar-refractivity contribution is 0.194. The van der Waals surface area contributed by atoms with Crippen molar-refractivity contribution in [1.29, 1.82) is 0 Å². The van der Waals surface area contributed by atoms with Gasteiger partial charge in [-0.05, 0) is 6.07 Å². The molecule has 0 aliphatic rings. The monoisotopic (exact) mass is 219 g/mol. The third kappa shape index (κ3) is 2.73. The summed E-state index contributed by atoms with van der Waals surface area (Å²) in [5.41, 5.74) is 0.345. The molecule has 0 saturated carbocycles. The molecular weight excluding hydrogens is 210 g/mol. The summed E-state index contributed by atoms with van der Waals surface area (Å²) in [6.07, 6.45) is 1.08. The fourth-order valence-corrected chi connectivity index (χ4v) is 1.32. The van der Waals surface area contributed by atoms with Crippen LogP contribution in [0.15, 0.2) is 12.3 Å². The molecule has 1 amide bonds. The van der Waals surface area contributed by atoms with Gasteiger partial charge in [-0.3, -0.25) is 0 Å². The molecule has 2 N–H and O–H groups in total. The van der Waals surface area contributed by atoms with E-state index in [0.717, 1.165) is 10.3 Å². The summed E-state index contributed by atoms with van der Waals surface area (Å²) < 4.78 is 22.7. The maximum Gasteiger partial charge on any atom is 0.404 e. The van der Waals surface area contributed by atoms with Gasteiger partial charge in [-0.25, -0.2) is 13.2 Å². The average molecular weight is 219 g/mol. The maximum atomic E-state index is 10.9.